The van der Waals surface area contributed by atoms with E-state index in [0.29, 0.717) is 11.6 Å². The van der Waals surface area contributed by atoms with Crippen LogP contribution in [-0.2, 0) is 3.80 Å². The maximum atomic E-state index is 14.2. The third-order valence-electron chi connectivity index (χ3n) is 15.6. The molecule has 0 aliphatic rings. The van der Waals surface area contributed by atoms with Crippen molar-refractivity contribution in [1.29, 1.82) is 0 Å². The molecular weight excluding hydrogens is 1700 g/mol. The summed E-state index contributed by atoms with van der Waals surface area (Å²) in [5.74, 6) is -107. The average Bonchev–Trinajstić information content (AvgIpc) is 0.767. The van der Waals surface area contributed by atoms with Gasteiger partial charge in [0.1, 0.15) is 11.6 Å². The Morgan fingerprint density at radius 3 is 0.609 bits per heavy atom. The van der Waals surface area contributed by atoms with Crippen molar-refractivity contribution in [3.05, 3.63) is 263 Å². The molecular formula is C69H36AlF42NO2. The first-order chi connectivity index (χ1) is 53.5. The molecule has 9 aromatic carbocycles. The first-order valence-electron chi connectivity index (χ1n) is 30.9. The molecule has 0 spiro atoms. The number of anilines is 1. The molecule has 115 heavy (non-hydrogen) atoms. The molecule has 0 saturated heterocycles. The quantitative estimate of drug-likeness (QED) is 0.0325. The number of nitrogens with zero attached hydrogens (tertiary/aromatic N) is 1. The van der Waals surface area contributed by atoms with E-state index < -0.39 is 293 Å². The molecule has 46 heteroatoms. The second-order valence-electron chi connectivity index (χ2n) is 22.5. The Bertz CT molecular complexity index is 4110. The Morgan fingerprint density at radius 1 is 0.252 bits per heavy atom. The van der Waals surface area contributed by atoms with Crippen LogP contribution >= 0.6 is 0 Å². The molecule has 0 heterocycles. The predicted molar refractivity (Wildman–Crippen MR) is 315 cm³/mol. The minimum atomic E-state index is -2.68. The van der Waals surface area contributed by atoms with Crippen molar-refractivity contribution < 1.29 is 192 Å². The van der Waals surface area contributed by atoms with Gasteiger partial charge in [-0.2, -0.15) is 0 Å². The summed E-state index contributed by atoms with van der Waals surface area (Å²) in [5.41, 5.74) is -17.7. The topological polar surface area (TPSA) is 40.5 Å². The summed E-state index contributed by atoms with van der Waals surface area (Å²) in [7, 11) is 0. The zero-order chi connectivity index (χ0) is 88.2. The van der Waals surface area contributed by atoms with Crippen LogP contribution in [0, 0.1) is 250 Å². The number of unbranched alkanes of at least 4 members (excludes halogenated alkanes) is 4. The number of rotatable bonds is 17. The van der Waals surface area contributed by atoms with Crippen LogP contribution in [0.15, 0.2) is 18.2 Å². The second kappa shape index (κ2) is 41.0. The molecule has 0 amide bonds. The van der Waals surface area contributed by atoms with E-state index in [1.54, 1.807) is 0 Å². The Morgan fingerprint density at radius 2 is 0.435 bits per heavy atom. The Hall–Kier alpha value is -10.0. The summed E-state index contributed by atoms with van der Waals surface area (Å²) in [4.78, 5) is 2.06. The summed E-state index contributed by atoms with van der Waals surface area (Å²) in [5, 5.41) is 0. The molecule has 626 valence electrons. The first kappa shape index (κ1) is 97.3. The van der Waals surface area contributed by atoms with Gasteiger partial charge in [0.25, 0.3) is 0 Å². The zero-order valence-electron chi connectivity index (χ0n) is 56.3. The molecule has 9 aromatic rings. The third kappa shape index (κ3) is 20.1. The van der Waals surface area contributed by atoms with Gasteiger partial charge in [0.05, 0.1) is 50.2 Å². The van der Waals surface area contributed by atoms with Crippen LogP contribution in [-0.4, -0.2) is 32.7 Å². The molecule has 0 bridgehead atoms. The molecule has 3 nitrogen and oxygen atoms in total. The number of hydrogen-bond donors (Lipinski definition) is 1. The first-order valence-corrected chi connectivity index (χ1v) is 31.9. The molecule has 9 rings (SSSR count). The van der Waals surface area contributed by atoms with Gasteiger partial charge in [0.15, 0.2) is 186 Å². The van der Waals surface area contributed by atoms with Gasteiger partial charge in [-0.1, -0.05) is 65.7 Å². The SMILES string of the molecule is CCCCCCN(CCC(CC)CCCC)c1cc(F)ccc1F.Fc1c(F)c(F)c(-c2c(F)c(F)c(F)c(F)c2F)c(F)c1F.Fc1c(F)c(F)c(-c2c(F)c(F)c(F)c(F)c2F)c(F)c1F.Fc1c(F)c(F)c(-c2c(F)c(F)c(F)c(F)c2F)c(F)c1F.Fc1c(F)c(F)c(-c2c(F)c(F)c(F)c(F)c2F)c(F)c1F.[O]=[Al][OH]. The average molecular weight is 1740 g/mol. The molecule has 0 aliphatic heterocycles. The Labute approximate surface area is 621 Å². The van der Waals surface area contributed by atoms with Crippen LogP contribution in [0.5, 0.6) is 0 Å². The molecule has 1 unspecified atom stereocenters. The molecule has 1 N–H and O–H groups in total. The van der Waals surface area contributed by atoms with Crippen LogP contribution in [0.4, 0.5) is 190 Å². The van der Waals surface area contributed by atoms with Crippen LogP contribution in [0.1, 0.15) is 78.6 Å². The molecule has 0 saturated carbocycles. The fourth-order valence-corrected chi connectivity index (χ4v) is 9.79. The van der Waals surface area contributed by atoms with Gasteiger partial charge in [-0.15, -0.1) is 0 Å². The van der Waals surface area contributed by atoms with Crippen LogP contribution in [0.3, 0.4) is 0 Å². The van der Waals surface area contributed by atoms with Crippen molar-refractivity contribution in [3.8, 4) is 44.5 Å². The van der Waals surface area contributed by atoms with Gasteiger partial charge in [0.2, 0.25) is 46.5 Å². The third-order valence-corrected chi connectivity index (χ3v) is 15.6. The monoisotopic (exact) mass is 1740 g/mol. The minimum absolute atomic E-state index is 0.312. The normalized spacial score (nSPS) is 11.2. The van der Waals surface area contributed by atoms with Crippen molar-refractivity contribution in [1.82, 2.24) is 0 Å². The Kier molecular flexibility index (Phi) is 34.7. The van der Waals surface area contributed by atoms with E-state index in [1.807, 2.05) is 0 Å². The van der Waals surface area contributed by atoms with E-state index in [-0.39, 0.29) is 11.6 Å². The number of halogens is 42. The molecule has 0 fully saturated rings. The standard InChI is InChI=1S/C21H35F2N.4C12F10.Al.H2O.O/c1-4-7-9-10-15-24(16-14-18(6-3)11-8-5-2)21-17-19(22)12-13-20(21)23;4*13-3-1(4(14)8(18)11(21)7(3)17)2-5(15)9(19)12(22)10(20)6(2)16;;;/h12-13,17-18H,4-11,14-16H2,1-3H3;;;;;;1H2;/q;;;;;+1;;/p-1. The van der Waals surface area contributed by atoms with Gasteiger partial charge >= 0.3 is 23.4 Å². The second-order valence-corrected chi connectivity index (χ2v) is 22.7. The van der Waals surface area contributed by atoms with E-state index in [1.165, 1.54) is 50.3 Å². The van der Waals surface area contributed by atoms with E-state index in [9.17, 15) is 184 Å². The van der Waals surface area contributed by atoms with Crippen molar-refractivity contribution >= 4 is 21.2 Å². The van der Waals surface area contributed by atoms with E-state index >= 15 is 0 Å². The van der Waals surface area contributed by atoms with Gasteiger partial charge in [-0.25, -0.2) is 184 Å². The zero-order valence-corrected chi connectivity index (χ0v) is 57.5. The van der Waals surface area contributed by atoms with E-state index in [4.69, 9.17) is 7.96 Å². The van der Waals surface area contributed by atoms with Crippen LogP contribution in [0.25, 0.3) is 44.5 Å². The van der Waals surface area contributed by atoms with Crippen molar-refractivity contribution in [2.75, 3.05) is 18.0 Å². The van der Waals surface area contributed by atoms with E-state index in [0.717, 1.165) is 38.8 Å². The summed E-state index contributed by atoms with van der Waals surface area (Å²) in [6.45, 7) is 8.26. The number of hydrogen-bond acceptors (Lipinski definition) is 2. The molecule has 0 aliphatic carbocycles. The summed E-state index contributed by atoms with van der Waals surface area (Å²) < 4.78 is 568. The Balaban J connectivity index is 0.000000300. The van der Waals surface area contributed by atoms with Crippen molar-refractivity contribution in [3.63, 3.8) is 0 Å². The van der Waals surface area contributed by atoms with Crippen LogP contribution < -0.4 is 4.90 Å². The van der Waals surface area contributed by atoms with Crippen LogP contribution in [0.2, 0.25) is 0 Å². The summed E-state index contributed by atoms with van der Waals surface area (Å²) in [6.07, 6.45) is 10.5. The fourth-order valence-electron chi connectivity index (χ4n) is 9.79. The van der Waals surface area contributed by atoms with Crippen molar-refractivity contribution in [2.45, 2.75) is 78.6 Å². The molecule has 0 aromatic heterocycles. The van der Waals surface area contributed by atoms with Crippen molar-refractivity contribution in [2.24, 2.45) is 5.92 Å². The molecule has 0 radical (unpaired) electrons. The summed E-state index contributed by atoms with van der Waals surface area (Å²) in [6, 6.07) is 3.80. The maximum absolute atomic E-state index is 14.2. The molecule has 1 atom stereocenters. The number of benzene rings is 9. The van der Waals surface area contributed by atoms with Gasteiger partial charge in [-0.05, 0) is 30.9 Å². The fraction of sp³-hybridized carbons (Fsp3) is 0.217. The summed E-state index contributed by atoms with van der Waals surface area (Å²) >= 11 is -1.50. The predicted octanol–water partition coefficient (Wildman–Crippen LogP) is 24.9. The van der Waals surface area contributed by atoms with Gasteiger partial charge in [0, 0.05) is 19.2 Å². The van der Waals surface area contributed by atoms with E-state index in [2.05, 4.69) is 25.7 Å². The van der Waals surface area contributed by atoms with Gasteiger partial charge in [-0.3, -0.25) is 0 Å². The van der Waals surface area contributed by atoms with Gasteiger partial charge < -0.3 is 4.90 Å².